The number of urea groups is 1. The van der Waals surface area contributed by atoms with Gasteiger partial charge in [0, 0.05) is 6.20 Å². The van der Waals surface area contributed by atoms with E-state index in [0.717, 1.165) is 4.90 Å². The summed E-state index contributed by atoms with van der Waals surface area (Å²) in [5.74, 6) is -0.306. The quantitative estimate of drug-likeness (QED) is 0.598. The molecule has 1 saturated heterocycles. The first-order chi connectivity index (χ1) is 7.42. The molecule has 0 aliphatic carbocycles. The fourth-order valence-corrected chi connectivity index (χ4v) is 1.68. The number of hydrogen-bond acceptors (Lipinski definition) is 3. The number of halogens is 1. The normalized spacial score (nSPS) is 18.8. The topological polar surface area (TPSA) is 62.3 Å². The SMILES string of the molecule is CC1(C)NC(=O)N(c2ccnc(Cl)c2)C1=O. The summed E-state index contributed by atoms with van der Waals surface area (Å²) >= 11 is 5.71. The molecule has 1 fully saturated rings. The van der Waals surface area contributed by atoms with Crippen LogP contribution in [0.4, 0.5) is 10.5 Å². The number of carbonyl (C=O) groups is 2. The fourth-order valence-electron chi connectivity index (χ4n) is 1.51. The lowest BCUT2D eigenvalue weighted by atomic mass is 10.1. The summed E-state index contributed by atoms with van der Waals surface area (Å²) in [5, 5.41) is 2.82. The standard InChI is InChI=1S/C10H10ClN3O2/c1-10(2)8(15)14(9(16)13-10)6-3-4-12-7(11)5-6/h3-5H,1-2H3,(H,13,16). The second-order valence-corrected chi connectivity index (χ2v) is 4.42. The molecule has 1 aromatic rings. The van der Waals surface area contributed by atoms with Gasteiger partial charge in [-0.3, -0.25) is 4.79 Å². The van der Waals surface area contributed by atoms with Crippen LogP contribution in [0.25, 0.3) is 0 Å². The third kappa shape index (κ3) is 1.63. The van der Waals surface area contributed by atoms with Gasteiger partial charge in [0.1, 0.15) is 10.7 Å². The molecule has 0 bridgehead atoms. The highest BCUT2D eigenvalue weighted by Gasteiger charge is 2.45. The maximum Gasteiger partial charge on any atom is 0.329 e. The van der Waals surface area contributed by atoms with Gasteiger partial charge in [0.05, 0.1) is 5.69 Å². The molecule has 5 nitrogen and oxygen atoms in total. The van der Waals surface area contributed by atoms with Crippen LogP contribution in [0.3, 0.4) is 0 Å². The summed E-state index contributed by atoms with van der Waals surface area (Å²) in [6.45, 7) is 3.30. The molecule has 2 rings (SSSR count). The van der Waals surface area contributed by atoms with Crippen molar-refractivity contribution in [2.75, 3.05) is 4.90 Å². The molecule has 1 N–H and O–H groups in total. The molecule has 3 amide bonds. The Bertz CT molecular complexity index is 473. The van der Waals surface area contributed by atoms with Gasteiger partial charge in [0.15, 0.2) is 0 Å². The van der Waals surface area contributed by atoms with E-state index in [0.29, 0.717) is 5.69 Å². The van der Waals surface area contributed by atoms with E-state index in [9.17, 15) is 9.59 Å². The van der Waals surface area contributed by atoms with E-state index in [2.05, 4.69) is 10.3 Å². The van der Waals surface area contributed by atoms with Gasteiger partial charge in [-0.15, -0.1) is 0 Å². The summed E-state index contributed by atoms with van der Waals surface area (Å²) < 4.78 is 0. The smallest absolute Gasteiger partial charge is 0.323 e. The van der Waals surface area contributed by atoms with Crippen molar-refractivity contribution in [3.05, 3.63) is 23.5 Å². The first kappa shape index (κ1) is 10.9. The minimum atomic E-state index is -0.882. The molecule has 2 heterocycles. The minimum Gasteiger partial charge on any atom is -0.323 e. The van der Waals surface area contributed by atoms with Crippen molar-refractivity contribution in [3.8, 4) is 0 Å². The zero-order chi connectivity index (χ0) is 11.9. The Morgan fingerprint density at radius 3 is 2.62 bits per heavy atom. The van der Waals surface area contributed by atoms with Gasteiger partial charge in [-0.05, 0) is 26.0 Å². The Morgan fingerprint density at radius 2 is 2.12 bits per heavy atom. The number of carbonyl (C=O) groups excluding carboxylic acids is 2. The number of nitrogens with zero attached hydrogens (tertiary/aromatic N) is 2. The highest BCUT2D eigenvalue weighted by atomic mass is 35.5. The van der Waals surface area contributed by atoms with Crippen molar-refractivity contribution in [3.63, 3.8) is 0 Å². The van der Waals surface area contributed by atoms with Crippen molar-refractivity contribution < 1.29 is 9.59 Å². The third-order valence-corrected chi connectivity index (χ3v) is 2.54. The van der Waals surface area contributed by atoms with Crippen LogP contribution in [0.15, 0.2) is 18.3 Å². The Labute approximate surface area is 97.4 Å². The van der Waals surface area contributed by atoms with Gasteiger partial charge in [0.2, 0.25) is 0 Å². The molecule has 0 spiro atoms. The zero-order valence-corrected chi connectivity index (χ0v) is 9.58. The van der Waals surface area contributed by atoms with Crippen LogP contribution in [0.2, 0.25) is 5.15 Å². The number of anilines is 1. The van der Waals surface area contributed by atoms with Crippen molar-refractivity contribution in [1.82, 2.24) is 10.3 Å². The largest absolute Gasteiger partial charge is 0.329 e. The molecular formula is C10H10ClN3O2. The second-order valence-electron chi connectivity index (χ2n) is 4.03. The van der Waals surface area contributed by atoms with Crippen LogP contribution < -0.4 is 10.2 Å². The Hall–Kier alpha value is -1.62. The second kappa shape index (κ2) is 3.45. The van der Waals surface area contributed by atoms with Crippen LogP contribution in [0.5, 0.6) is 0 Å². The molecule has 16 heavy (non-hydrogen) atoms. The van der Waals surface area contributed by atoms with E-state index in [1.54, 1.807) is 19.9 Å². The molecular weight excluding hydrogens is 230 g/mol. The lowest BCUT2D eigenvalue weighted by molar-refractivity contribution is -0.120. The van der Waals surface area contributed by atoms with Crippen molar-refractivity contribution >= 4 is 29.2 Å². The molecule has 84 valence electrons. The summed E-state index contributed by atoms with van der Waals surface area (Å²) in [4.78, 5) is 28.4. The molecule has 0 atom stereocenters. The summed E-state index contributed by atoms with van der Waals surface area (Å²) in [6.07, 6.45) is 1.45. The number of aromatic nitrogens is 1. The van der Waals surface area contributed by atoms with Gasteiger partial charge in [-0.25, -0.2) is 14.7 Å². The number of imide groups is 1. The Balaban J connectivity index is 2.43. The predicted molar refractivity (Wildman–Crippen MR) is 59.3 cm³/mol. The number of nitrogens with one attached hydrogen (secondary N) is 1. The molecule has 0 radical (unpaired) electrons. The van der Waals surface area contributed by atoms with E-state index in [1.807, 2.05) is 0 Å². The number of amides is 3. The minimum absolute atomic E-state index is 0.239. The van der Waals surface area contributed by atoms with Crippen LogP contribution in [-0.2, 0) is 4.79 Å². The summed E-state index contributed by atoms with van der Waals surface area (Å²) in [6, 6.07) is 2.59. The molecule has 0 aromatic carbocycles. The summed E-state index contributed by atoms with van der Waals surface area (Å²) in [7, 11) is 0. The Morgan fingerprint density at radius 1 is 1.44 bits per heavy atom. The van der Waals surface area contributed by atoms with Crippen LogP contribution in [-0.4, -0.2) is 22.5 Å². The van der Waals surface area contributed by atoms with E-state index in [-0.39, 0.29) is 11.1 Å². The van der Waals surface area contributed by atoms with E-state index < -0.39 is 11.6 Å². The van der Waals surface area contributed by atoms with Gasteiger partial charge >= 0.3 is 6.03 Å². The molecule has 1 aliphatic heterocycles. The van der Waals surface area contributed by atoms with E-state index >= 15 is 0 Å². The lowest BCUT2D eigenvalue weighted by Crippen LogP contribution is -2.40. The molecule has 0 saturated carbocycles. The maximum atomic E-state index is 11.9. The van der Waals surface area contributed by atoms with E-state index in [1.165, 1.54) is 12.3 Å². The van der Waals surface area contributed by atoms with Crippen LogP contribution in [0.1, 0.15) is 13.8 Å². The van der Waals surface area contributed by atoms with Gasteiger partial charge in [0.25, 0.3) is 5.91 Å². The highest BCUT2D eigenvalue weighted by Crippen LogP contribution is 2.25. The molecule has 1 aromatic heterocycles. The number of hydrogen-bond donors (Lipinski definition) is 1. The molecule has 6 heteroatoms. The maximum absolute atomic E-state index is 11.9. The average molecular weight is 240 g/mol. The highest BCUT2D eigenvalue weighted by molar-refractivity contribution is 6.30. The van der Waals surface area contributed by atoms with Crippen LogP contribution in [0, 0.1) is 0 Å². The summed E-state index contributed by atoms with van der Waals surface area (Å²) in [5.41, 5.74) is -0.458. The molecule has 1 aliphatic rings. The van der Waals surface area contributed by atoms with Gasteiger partial charge in [-0.1, -0.05) is 11.6 Å². The first-order valence-electron chi connectivity index (χ1n) is 4.70. The van der Waals surface area contributed by atoms with Gasteiger partial charge < -0.3 is 5.32 Å². The zero-order valence-electron chi connectivity index (χ0n) is 8.82. The van der Waals surface area contributed by atoms with Gasteiger partial charge in [-0.2, -0.15) is 0 Å². The van der Waals surface area contributed by atoms with Crippen molar-refractivity contribution in [2.45, 2.75) is 19.4 Å². The fraction of sp³-hybridized carbons (Fsp3) is 0.300. The average Bonchev–Trinajstić information content (AvgIpc) is 2.36. The predicted octanol–water partition coefficient (Wildman–Crippen LogP) is 1.57. The first-order valence-corrected chi connectivity index (χ1v) is 5.08. The Kier molecular flexibility index (Phi) is 2.35. The number of rotatable bonds is 1. The van der Waals surface area contributed by atoms with Crippen molar-refractivity contribution in [1.29, 1.82) is 0 Å². The lowest BCUT2D eigenvalue weighted by Gasteiger charge is -2.15. The van der Waals surface area contributed by atoms with E-state index in [4.69, 9.17) is 11.6 Å². The van der Waals surface area contributed by atoms with Crippen LogP contribution >= 0.6 is 11.6 Å². The number of pyridine rings is 1. The molecule has 0 unspecified atom stereocenters. The van der Waals surface area contributed by atoms with Crippen molar-refractivity contribution in [2.24, 2.45) is 0 Å². The third-order valence-electron chi connectivity index (χ3n) is 2.33. The monoisotopic (exact) mass is 239 g/mol.